The molecule has 1 aromatic heterocycles. The highest BCUT2D eigenvalue weighted by Crippen LogP contribution is 2.28. The maximum atomic E-state index is 12.6. The highest BCUT2D eigenvalue weighted by atomic mass is 79.9. The van der Waals surface area contributed by atoms with Gasteiger partial charge < -0.3 is 19.2 Å². The summed E-state index contributed by atoms with van der Waals surface area (Å²) < 4.78 is 18.5. The Morgan fingerprint density at radius 1 is 1.14 bits per heavy atom. The van der Waals surface area contributed by atoms with E-state index in [1.165, 1.54) is 0 Å². The number of ether oxygens (including phenoxy) is 2. The number of carbonyl (C=O) groups is 1. The van der Waals surface area contributed by atoms with Crippen molar-refractivity contribution in [3.63, 3.8) is 0 Å². The number of carbonyl (C=O) groups excluding carboxylic acids is 1. The number of benzene rings is 2. The van der Waals surface area contributed by atoms with Gasteiger partial charge in [0.15, 0.2) is 5.60 Å². The van der Waals surface area contributed by atoms with Gasteiger partial charge in [-0.05, 0) is 83.4 Å². The largest absolute Gasteiger partial charge is 0.476 e. The Balaban J connectivity index is 1.67. The van der Waals surface area contributed by atoms with Crippen LogP contribution >= 0.6 is 15.9 Å². The van der Waals surface area contributed by atoms with Crippen LogP contribution in [0, 0.1) is 6.92 Å². The van der Waals surface area contributed by atoms with Gasteiger partial charge in [0.05, 0.1) is 5.69 Å². The van der Waals surface area contributed by atoms with Crippen molar-refractivity contribution in [1.29, 1.82) is 0 Å². The molecule has 1 heterocycles. The molecule has 7 heteroatoms. The number of rotatable bonds is 10. The molecule has 1 N–H and O–H groups in total. The average molecular weight is 556 g/mol. The zero-order valence-corrected chi connectivity index (χ0v) is 23.5. The van der Waals surface area contributed by atoms with Crippen LogP contribution in [0.3, 0.4) is 0 Å². The highest BCUT2D eigenvalue weighted by Gasteiger charge is 2.35. The summed E-state index contributed by atoms with van der Waals surface area (Å²) in [6, 6.07) is 13.8. The summed E-state index contributed by atoms with van der Waals surface area (Å²) in [5.41, 5.74) is 2.13. The van der Waals surface area contributed by atoms with Crippen molar-refractivity contribution in [1.82, 2.24) is 10.3 Å². The van der Waals surface area contributed by atoms with E-state index in [0.29, 0.717) is 31.2 Å². The van der Waals surface area contributed by atoms with Crippen molar-refractivity contribution < 1.29 is 18.7 Å². The first-order valence-corrected chi connectivity index (χ1v) is 12.8. The Kier molecular flexibility index (Phi) is 8.80. The summed E-state index contributed by atoms with van der Waals surface area (Å²) in [6.45, 7) is 16.0. The molecule has 6 nitrogen and oxygen atoms in total. The first-order valence-electron chi connectivity index (χ1n) is 12.0. The summed E-state index contributed by atoms with van der Waals surface area (Å²) >= 11 is 3.49. The monoisotopic (exact) mass is 554 g/mol. The predicted molar refractivity (Wildman–Crippen MR) is 146 cm³/mol. The molecule has 3 rings (SSSR count). The molecule has 0 unspecified atom stereocenters. The molecule has 0 aliphatic heterocycles. The number of allylic oxidation sites excluding steroid dienone is 1. The maximum absolute atomic E-state index is 12.6. The molecule has 0 aliphatic rings. The topological polar surface area (TPSA) is 73.6 Å². The fourth-order valence-corrected chi connectivity index (χ4v) is 3.94. The minimum atomic E-state index is -1.13. The Morgan fingerprint density at radius 2 is 1.89 bits per heavy atom. The smallest absolute Gasteiger partial charge is 0.350 e. The van der Waals surface area contributed by atoms with E-state index in [9.17, 15) is 4.79 Å². The van der Waals surface area contributed by atoms with E-state index in [1.54, 1.807) is 13.8 Å². The van der Waals surface area contributed by atoms with Crippen LogP contribution < -0.4 is 10.1 Å². The highest BCUT2D eigenvalue weighted by molar-refractivity contribution is 9.10. The lowest BCUT2D eigenvalue weighted by molar-refractivity contribution is -0.170. The number of nitrogens with zero attached hydrogens (tertiary/aromatic N) is 1. The van der Waals surface area contributed by atoms with Crippen LogP contribution in [0.2, 0.25) is 0 Å². The molecule has 36 heavy (non-hydrogen) atoms. The van der Waals surface area contributed by atoms with Crippen LogP contribution in [0.1, 0.15) is 57.2 Å². The molecular formula is C29H35BrN2O4. The van der Waals surface area contributed by atoms with Crippen LogP contribution in [0.4, 0.5) is 0 Å². The number of halogens is 1. The summed E-state index contributed by atoms with van der Waals surface area (Å²) in [5, 5.41) is 3.44. The summed E-state index contributed by atoms with van der Waals surface area (Å²) in [7, 11) is 0. The molecule has 0 amide bonds. The molecule has 0 atom stereocenters. The van der Waals surface area contributed by atoms with Gasteiger partial charge in [-0.25, -0.2) is 9.78 Å². The van der Waals surface area contributed by atoms with Crippen LogP contribution in [0.15, 0.2) is 64.0 Å². The van der Waals surface area contributed by atoms with Crippen molar-refractivity contribution in [2.24, 2.45) is 0 Å². The van der Waals surface area contributed by atoms with Crippen LogP contribution in [0.5, 0.6) is 5.75 Å². The first-order chi connectivity index (χ1) is 16.9. The number of hydrogen-bond donors (Lipinski definition) is 1. The van der Waals surface area contributed by atoms with Gasteiger partial charge in [0.2, 0.25) is 5.89 Å². The normalized spacial score (nSPS) is 11.9. The predicted octanol–water partition coefficient (Wildman–Crippen LogP) is 6.93. The number of oxazole rings is 1. The van der Waals surface area contributed by atoms with Gasteiger partial charge in [0, 0.05) is 23.1 Å². The summed E-state index contributed by atoms with van der Waals surface area (Å²) in [5.74, 6) is 1.63. The average Bonchev–Trinajstić information content (AvgIpc) is 3.15. The molecule has 0 bridgehead atoms. The van der Waals surface area contributed by atoms with Gasteiger partial charge in [0.25, 0.3) is 0 Å². The molecule has 2 aromatic carbocycles. The summed E-state index contributed by atoms with van der Waals surface area (Å²) in [4.78, 5) is 17.3. The Hall–Kier alpha value is -2.90. The Labute approximate surface area is 222 Å². The minimum Gasteiger partial charge on any atom is -0.476 e. The zero-order chi connectivity index (χ0) is 26.5. The van der Waals surface area contributed by atoms with Gasteiger partial charge in [-0.3, -0.25) is 0 Å². The van der Waals surface area contributed by atoms with E-state index >= 15 is 0 Å². The third-order valence-electron chi connectivity index (χ3n) is 5.33. The second kappa shape index (κ2) is 11.4. The van der Waals surface area contributed by atoms with Gasteiger partial charge in [-0.1, -0.05) is 40.2 Å². The lowest BCUT2D eigenvalue weighted by Gasteiger charge is -2.30. The number of aryl methyl sites for hydroxylation is 1. The molecule has 192 valence electrons. The van der Waals surface area contributed by atoms with Gasteiger partial charge in [-0.15, -0.1) is 6.58 Å². The number of aromatic nitrogens is 1. The van der Waals surface area contributed by atoms with Crippen molar-refractivity contribution in [3.05, 3.63) is 82.2 Å². The van der Waals surface area contributed by atoms with Crippen LogP contribution in [-0.2, 0) is 29.0 Å². The van der Waals surface area contributed by atoms with E-state index in [2.05, 4.69) is 38.9 Å². The number of nitrogens with one attached hydrogen (secondary N) is 1. The number of hydrogen-bond acceptors (Lipinski definition) is 6. The molecule has 0 saturated heterocycles. The molecule has 0 spiro atoms. The van der Waals surface area contributed by atoms with Crippen LogP contribution in [-0.4, -0.2) is 22.2 Å². The van der Waals surface area contributed by atoms with E-state index in [1.807, 2.05) is 70.2 Å². The van der Waals surface area contributed by atoms with Gasteiger partial charge in [-0.2, -0.15) is 0 Å². The third kappa shape index (κ3) is 7.55. The molecule has 0 fully saturated rings. The van der Waals surface area contributed by atoms with Crippen molar-refractivity contribution in [2.75, 3.05) is 0 Å². The lowest BCUT2D eigenvalue weighted by atomic mass is 10.0. The van der Waals surface area contributed by atoms with Crippen molar-refractivity contribution in [2.45, 2.75) is 72.3 Å². The Bertz CT molecular complexity index is 1220. The Morgan fingerprint density at radius 3 is 2.56 bits per heavy atom. The molecule has 0 radical (unpaired) electrons. The second-order valence-corrected chi connectivity index (χ2v) is 11.1. The molecule has 0 aliphatic carbocycles. The first kappa shape index (κ1) is 27.7. The molecular weight excluding hydrogens is 520 g/mol. The van der Waals surface area contributed by atoms with Crippen molar-refractivity contribution >= 4 is 21.9 Å². The third-order valence-corrected chi connectivity index (χ3v) is 5.82. The van der Waals surface area contributed by atoms with E-state index in [-0.39, 0.29) is 0 Å². The SMILES string of the molecule is C=CCc1cc(CNCc2nc(-c3cccc(Br)c3)oc2C)ccc1OC(C)(C)C(=O)OC(C)(C)C. The van der Waals surface area contributed by atoms with Gasteiger partial charge in [0.1, 0.15) is 17.1 Å². The van der Waals surface area contributed by atoms with E-state index in [4.69, 9.17) is 13.9 Å². The molecule has 0 saturated carbocycles. The summed E-state index contributed by atoms with van der Waals surface area (Å²) in [6.07, 6.45) is 2.44. The fourth-order valence-electron chi connectivity index (χ4n) is 3.54. The van der Waals surface area contributed by atoms with Crippen molar-refractivity contribution in [3.8, 4) is 17.2 Å². The van der Waals surface area contributed by atoms with E-state index < -0.39 is 17.2 Å². The van der Waals surface area contributed by atoms with E-state index in [0.717, 1.165) is 32.6 Å². The fraction of sp³-hybridized carbons (Fsp3) is 0.379. The standard InChI is InChI=1S/C29H35BrN2O4/c1-8-10-21-15-20(13-14-25(21)35-29(6,7)27(33)36-28(3,4)5)17-31-18-24-19(2)34-26(32-24)22-11-9-12-23(30)16-22/h8-9,11-16,31H,1,10,17-18H2,2-7H3. The lowest BCUT2D eigenvalue weighted by Crippen LogP contribution is -2.43. The molecule has 3 aromatic rings. The number of esters is 1. The minimum absolute atomic E-state index is 0.407. The van der Waals surface area contributed by atoms with Crippen LogP contribution in [0.25, 0.3) is 11.5 Å². The van der Waals surface area contributed by atoms with Gasteiger partial charge >= 0.3 is 5.97 Å². The second-order valence-electron chi connectivity index (χ2n) is 10.2. The maximum Gasteiger partial charge on any atom is 0.350 e. The zero-order valence-electron chi connectivity index (χ0n) is 21.9. The quantitative estimate of drug-likeness (QED) is 0.216.